The zero-order valence-electron chi connectivity index (χ0n) is 14.9. The Labute approximate surface area is 178 Å². The number of nitrogen functional groups attached to an aromatic ring is 1. The first-order valence-electron chi connectivity index (χ1n) is 7.88. The molecule has 1 aromatic heterocycles. The molecule has 13 heteroatoms. The lowest BCUT2D eigenvalue weighted by Gasteiger charge is -2.20. The molecule has 0 atom stereocenters. The van der Waals surface area contributed by atoms with Gasteiger partial charge in [-0.1, -0.05) is 29.8 Å². The van der Waals surface area contributed by atoms with Crippen LogP contribution in [0.15, 0.2) is 54.3 Å². The summed E-state index contributed by atoms with van der Waals surface area (Å²) in [6.07, 6.45) is -3.28. The number of anilines is 2. The highest BCUT2D eigenvalue weighted by Crippen LogP contribution is 2.27. The normalized spacial score (nSPS) is 11.6. The lowest BCUT2D eigenvalue weighted by molar-refractivity contribution is -0.0578. The van der Waals surface area contributed by atoms with Gasteiger partial charge in [0, 0.05) is 11.2 Å². The maximum atomic E-state index is 13.2. The lowest BCUT2D eigenvalue weighted by Crippen LogP contribution is -2.36. The standard InChI is InChI=1S/C17H13Cl2F3N6O2/c1-2-13(17(20,21)22)27-28(14-11(19)4-3-7-24-14)16(30)25-12-6-5-9(18)8-10(12)15(29)26-23/h2-8H,1,23H2,(H,25,30)(H,26,29)/b27-13+. The molecule has 0 aliphatic heterocycles. The Bertz CT molecular complexity index is 1010. The molecule has 158 valence electrons. The van der Waals surface area contributed by atoms with Gasteiger partial charge in [0.05, 0.1) is 16.3 Å². The maximum absolute atomic E-state index is 13.2. The molecule has 2 rings (SSSR count). The van der Waals surface area contributed by atoms with Gasteiger partial charge in [0.1, 0.15) is 0 Å². The van der Waals surface area contributed by atoms with E-state index >= 15 is 0 Å². The maximum Gasteiger partial charge on any atom is 0.435 e. The highest BCUT2D eigenvalue weighted by molar-refractivity contribution is 6.33. The van der Waals surface area contributed by atoms with Crippen LogP contribution >= 0.6 is 23.2 Å². The predicted octanol–water partition coefficient (Wildman–Crippen LogP) is 4.13. The number of nitrogens with one attached hydrogen (secondary N) is 2. The summed E-state index contributed by atoms with van der Waals surface area (Å²) in [6, 6.07) is 5.31. The third-order valence-corrected chi connectivity index (χ3v) is 3.95. The number of allylic oxidation sites excluding steroid dienone is 1. The van der Waals surface area contributed by atoms with E-state index in [0.29, 0.717) is 11.1 Å². The average molecular weight is 461 g/mol. The molecule has 1 aromatic carbocycles. The first-order valence-corrected chi connectivity index (χ1v) is 8.64. The fourth-order valence-corrected chi connectivity index (χ4v) is 2.48. The number of carbonyl (C=O) groups excluding carboxylic acids is 2. The van der Waals surface area contributed by atoms with E-state index in [1.807, 2.05) is 5.43 Å². The van der Waals surface area contributed by atoms with Crippen LogP contribution in [-0.4, -0.2) is 28.8 Å². The van der Waals surface area contributed by atoms with E-state index in [1.54, 1.807) is 0 Å². The molecule has 1 heterocycles. The van der Waals surface area contributed by atoms with Gasteiger partial charge in [-0.3, -0.25) is 10.2 Å². The summed E-state index contributed by atoms with van der Waals surface area (Å²) in [5.41, 5.74) is 0.142. The molecule has 30 heavy (non-hydrogen) atoms. The fraction of sp³-hybridized carbons (Fsp3) is 0.0588. The summed E-state index contributed by atoms with van der Waals surface area (Å²) in [5.74, 6) is 3.91. The van der Waals surface area contributed by atoms with E-state index in [4.69, 9.17) is 29.0 Å². The Morgan fingerprint density at radius 1 is 1.27 bits per heavy atom. The quantitative estimate of drug-likeness (QED) is 0.269. The van der Waals surface area contributed by atoms with Gasteiger partial charge >= 0.3 is 12.2 Å². The van der Waals surface area contributed by atoms with E-state index in [2.05, 4.69) is 22.0 Å². The highest BCUT2D eigenvalue weighted by atomic mass is 35.5. The van der Waals surface area contributed by atoms with Crippen LogP contribution in [-0.2, 0) is 0 Å². The van der Waals surface area contributed by atoms with Crippen LogP contribution in [0.25, 0.3) is 0 Å². The second kappa shape index (κ2) is 9.57. The first kappa shape index (κ1) is 23.1. The molecule has 0 spiro atoms. The number of hydrazone groups is 1. The molecule has 0 unspecified atom stereocenters. The number of aromatic nitrogens is 1. The molecule has 8 nitrogen and oxygen atoms in total. The number of hydrogen-bond donors (Lipinski definition) is 3. The molecule has 4 N–H and O–H groups in total. The number of rotatable bonds is 5. The van der Waals surface area contributed by atoms with Gasteiger partial charge in [0.2, 0.25) is 0 Å². The summed E-state index contributed by atoms with van der Waals surface area (Å²) >= 11 is 11.8. The zero-order valence-corrected chi connectivity index (χ0v) is 16.4. The highest BCUT2D eigenvalue weighted by Gasteiger charge is 2.36. The van der Waals surface area contributed by atoms with Crippen molar-refractivity contribution in [1.29, 1.82) is 0 Å². The van der Waals surface area contributed by atoms with Crippen molar-refractivity contribution < 1.29 is 22.8 Å². The van der Waals surface area contributed by atoms with Crippen molar-refractivity contribution in [1.82, 2.24) is 10.4 Å². The third-order valence-electron chi connectivity index (χ3n) is 3.42. The fourth-order valence-electron chi connectivity index (χ4n) is 2.10. The molecule has 0 aliphatic rings. The number of alkyl halides is 3. The number of hydrogen-bond acceptors (Lipinski definition) is 5. The molecule has 0 fully saturated rings. The number of carbonyl (C=O) groups is 2. The lowest BCUT2D eigenvalue weighted by atomic mass is 10.1. The van der Waals surface area contributed by atoms with Crippen molar-refractivity contribution in [3.63, 3.8) is 0 Å². The Morgan fingerprint density at radius 3 is 2.53 bits per heavy atom. The number of hydrazine groups is 1. The molecule has 0 saturated carbocycles. The van der Waals surface area contributed by atoms with E-state index in [0.717, 1.165) is 0 Å². The van der Waals surface area contributed by atoms with Crippen LogP contribution in [0.1, 0.15) is 10.4 Å². The van der Waals surface area contributed by atoms with Crippen LogP contribution in [0.2, 0.25) is 10.0 Å². The minimum absolute atomic E-state index is 0.105. The molecular formula is C17H13Cl2F3N6O2. The SMILES string of the molecule is C=C/C(=N\N(C(=O)Nc1ccc(Cl)cc1C(=O)NN)c1ncccc1Cl)C(F)(F)F. The average Bonchev–Trinajstić information content (AvgIpc) is 2.69. The Morgan fingerprint density at radius 2 is 1.97 bits per heavy atom. The summed E-state index contributed by atoms with van der Waals surface area (Å²) in [4.78, 5) is 28.5. The monoisotopic (exact) mass is 460 g/mol. The zero-order chi connectivity index (χ0) is 22.5. The van der Waals surface area contributed by atoms with Gasteiger partial charge in [0.25, 0.3) is 5.91 Å². The van der Waals surface area contributed by atoms with Gasteiger partial charge in [-0.2, -0.15) is 23.3 Å². The molecule has 3 amide bonds. The van der Waals surface area contributed by atoms with E-state index < -0.39 is 23.8 Å². The summed E-state index contributed by atoms with van der Waals surface area (Å²) in [6.45, 7) is 3.05. The second-order valence-corrected chi connectivity index (χ2v) is 6.24. The van der Waals surface area contributed by atoms with Gasteiger partial charge in [0.15, 0.2) is 11.5 Å². The Balaban J connectivity index is 2.54. The van der Waals surface area contributed by atoms with E-state index in [9.17, 15) is 22.8 Å². The summed E-state index contributed by atoms with van der Waals surface area (Å²) in [7, 11) is 0. The van der Waals surface area contributed by atoms with Gasteiger partial charge in [-0.05, 0) is 36.4 Å². The number of urea groups is 1. The largest absolute Gasteiger partial charge is 0.435 e. The van der Waals surface area contributed by atoms with Crippen molar-refractivity contribution >= 4 is 52.4 Å². The predicted molar refractivity (Wildman–Crippen MR) is 108 cm³/mol. The van der Waals surface area contributed by atoms with Crippen LogP contribution in [0.3, 0.4) is 0 Å². The van der Waals surface area contributed by atoms with Crippen molar-refractivity contribution in [3.8, 4) is 0 Å². The third kappa shape index (κ3) is 5.47. The van der Waals surface area contributed by atoms with Crippen LogP contribution in [0.4, 0.5) is 29.5 Å². The van der Waals surface area contributed by atoms with E-state index in [-0.39, 0.29) is 27.1 Å². The minimum atomic E-state index is -4.91. The van der Waals surface area contributed by atoms with Crippen LogP contribution in [0.5, 0.6) is 0 Å². The van der Waals surface area contributed by atoms with Crippen LogP contribution in [0, 0.1) is 0 Å². The first-order chi connectivity index (χ1) is 14.1. The van der Waals surface area contributed by atoms with E-state index in [1.165, 1.54) is 36.5 Å². The smallest absolute Gasteiger partial charge is 0.305 e. The number of nitrogens with two attached hydrogens (primary N) is 1. The van der Waals surface area contributed by atoms with Crippen LogP contribution < -0.4 is 21.6 Å². The number of amides is 3. The second-order valence-electron chi connectivity index (χ2n) is 5.40. The summed E-state index contributed by atoms with van der Waals surface area (Å²) in [5, 5.41) is 5.86. The summed E-state index contributed by atoms with van der Waals surface area (Å²) < 4.78 is 39.5. The van der Waals surface area contributed by atoms with Gasteiger partial charge in [-0.15, -0.1) is 0 Å². The van der Waals surface area contributed by atoms with Gasteiger partial charge < -0.3 is 5.32 Å². The molecular weight excluding hydrogens is 448 g/mol. The van der Waals surface area contributed by atoms with Crippen molar-refractivity contribution in [2.45, 2.75) is 6.18 Å². The molecule has 0 radical (unpaired) electrons. The topological polar surface area (TPSA) is 113 Å². The Hall–Kier alpha value is -3.15. The number of pyridine rings is 1. The minimum Gasteiger partial charge on any atom is -0.305 e. The van der Waals surface area contributed by atoms with Gasteiger partial charge in [-0.25, -0.2) is 15.6 Å². The van der Waals surface area contributed by atoms with Crippen molar-refractivity contribution in [2.75, 3.05) is 10.3 Å². The molecule has 2 aromatic rings. The molecule has 0 bridgehead atoms. The number of halogens is 5. The van der Waals surface area contributed by atoms with Crippen molar-refractivity contribution in [2.24, 2.45) is 10.9 Å². The number of benzene rings is 1. The van der Waals surface area contributed by atoms with Crippen molar-refractivity contribution in [3.05, 3.63) is 64.8 Å². The molecule has 0 aliphatic carbocycles. The molecule has 0 saturated heterocycles. The Kier molecular flexibility index (Phi) is 7.38. The number of nitrogens with zero attached hydrogens (tertiary/aromatic N) is 3.